The summed E-state index contributed by atoms with van der Waals surface area (Å²) in [4.78, 5) is 9.36. The van der Waals surface area contributed by atoms with E-state index in [1.165, 1.54) is 4.97 Å². The van der Waals surface area contributed by atoms with Crippen LogP contribution >= 0.6 is 0 Å². The second-order valence-electron chi connectivity index (χ2n) is 0.577. The minimum Gasteiger partial charge on any atom is -0.418 e. The van der Waals surface area contributed by atoms with E-state index in [9.17, 15) is 17.3 Å². The van der Waals surface area contributed by atoms with Crippen molar-refractivity contribution in [2.45, 2.75) is 0 Å². The van der Waals surface area contributed by atoms with Crippen LogP contribution in [0.1, 0.15) is 0 Å². The van der Waals surface area contributed by atoms with Crippen molar-refractivity contribution in [2.24, 2.45) is 0 Å². The molecule has 0 unspecified atom stereocenters. The van der Waals surface area contributed by atoms with Crippen molar-refractivity contribution in [3.8, 4) is 0 Å². The third kappa shape index (κ3) is 104. The molecule has 0 aliphatic rings. The van der Waals surface area contributed by atoms with Gasteiger partial charge in [-0.05, 0) is 0 Å². The summed E-state index contributed by atoms with van der Waals surface area (Å²) in [6.07, 6.45) is 0. The van der Waals surface area contributed by atoms with E-state index in [0.717, 1.165) is 0 Å². The van der Waals surface area contributed by atoms with Crippen LogP contribution in [-0.2, 0) is 0 Å². The Balaban J connectivity index is 0. The summed E-state index contributed by atoms with van der Waals surface area (Å²) in [5, 5.41) is 0. The van der Waals surface area contributed by atoms with Gasteiger partial charge in [-0.3, -0.25) is 5.53 Å². The Hall–Kier alpha value is -0.905. The van der Waals surface area contributed by atoms with Gasteiger partial charge in [0.2, 0.25) is 0 Å². The molecule has 0 aromatic carbocycles. The predicted octanol–water partition coefficient (Wildman–Crippen LogP) is 1.14. The number of hydrogen-bond donors (Lipinski definition) is 0. The number of nitroso groups, excluding NO2 is 1. The van der Waals surface area contributed by atoms with E-state index >= 15 is 0 Å². The molecular formula is BF4N2O-. The first-order chi connectivity index (χ1) is 3.41. The molecule has 0 aliphatic carbocycles. The van der Waals surface area contributed by atoms with E-state index in [1.807, 2.05) is 0 Å². The maximum Gasteiger partial charge on any atom is 0.673 e. The highest BCUT2D eigenvalue weighted by Crippen LogP contribution is 2.06. The van der Waals surface area contributed by atoms with Crippen LogP contribution in [0.15, 0.2) is 0 Å². The lowest BCUT2D eigenvalue weighted by Crippen LogP contribution is -2.02. The Bertz CT molecular complexity index is 74.5. The minimum absolute atomic E-state index is 1.25. The van der Waals surface area contributed by atoms with Crippen LogP contribution in [0.5, 0.6) is 0 Å². The molecule has 8 heteroatoms. The summed E-state index contributed by atoms with van der Waals surface area (Å²) in [5.41, 5.74) is 6.64. The largest absolute Gasteiger partial charge is 0.673 e. The molecule has 0 aliphatic heterocycles. The van der Waals surface area contributed by atoms with Gasteiger partial charge in [0.15, 0.2) is 4.91 Å². The SMILES string of the molecule is F[B-](F)(F)F.[N-]=[N+]=O. The third-order valence-corrected chi connectivity index (χ3v) is 0. The van der Waals surface area contributed by atoms with Gasteiger partial charge in [-0.15, -0.1) is 0 Å². The van der Waals surface area contributed by atoms with Crippen molar-refractivity contribution in [3.05, 3.63) is 10.4 Å². The predicted molar refractivity (Wildman–Crippen MR) is 19.0 cm³/mol. The maximum atomic E-state index is 9.75. The molecule has 0 saturated heterocycles. The van der Waals surface area contributed by atoms with Crippen LogP contribution in [-0.4, -0.2) is 7.25 Å². The van der Waals surface area contributed by atoms with Crippen molar-refractivity contribution < 1.29 is 17.3 Å². The van der Waals surface area contributed by atoms with Gasteiger partial charge < -0.3 is 17.3 Å². The summed E-state index contributed by atoms with van der Waals surface area (Å²) in [7, 11) is -6.00. The van der Waals surface area contributed by atoms with E-state index in [1.54, 1.807) is 0 Å². The monoisotopic (exact) mass is 131 g/mol. The Morgan fingerprint density at radius 3 is 1.25 bits per heavy atom. The smallest absolute Gasteiger partial charge is 0.418 e. The number of nitrogens with zero attached hydrogens (tertiary/aromatic N) is 2. The molecule has 0 rings (SSSR count). The van der Waals surface area contributed by atoms with Gasteiger partial charge >= 0.3 is 7.25 Å². The summed E-state index contributed by atoms with van der Waals surface area (Å²) in [6, 6.07) is 0. The quantitative estimate of drug-likeness (QED) is 0.210. The van der Waals surface area contributed by atoms with E-state index in [-0.39, 0.29) is 0 Å². The summed E-state index contributed by atoms with van der Waals surface area (Å²) in [6.45, 7) is 0. The maximum absolute atomic E-state index is 9.75. The first-order valence-corrected chi connectivity index (χ1v) is 1.26. The highest BCUT2D eigenvalue weighted by molar-refractivity contribution is 6.50. The first-order valence-electron chi connectivity index (χ1n) is 1.26. The van der Waals surface area contributed by atoms with Crippen LogP contribution in [0.3, 0.4) is 0 Å². The van der Waals surface area contributed by atoms with Gasteiger partial charge in [-0.1, -0.05) is 0 Å². The van der Waals surface area contributed by atoms with E-state index in [2.05, 4.69) is 0 Å². The second-order valence-corrected chi connectivity index (χ2v) is 0.577. The van der Waals surface area contributed by atoms with Crippen LogP contribution < -0.4 is 4.97 Å². The van der Waals surface area contributed by atoms with Gasteiger partial charge in [0.1, 0.15) is 4.97 Å². The standard InChI is InChI=1S/BF4.N2O/c2-1(3,4)5;1-2-3/q-1;. The van der Waals surface area contributed by atoms with Gasteiger partial charge in [0.25, 0.3) is 0 Å². The van der Waals surface area contributed by atoms with Gasteiger partial charge in [0, 0.05) is 0 Å². The van der Waals surface area contributed by atoms with Crippen molar-refractivity contribution in [3.63, 3.8) is 0 Å². The molecule has 0 amide bonds. The third-order valence-electron chi connectivity index (χ3n) is 0. The number of halogens is 4. The lowest BCUT2D eigenvalue weighted by Gasteiger charge is -1.94. The lowest BCUT2D eigenvalue weighted by atomic mass is 10.3. The molecule has 0 spiro atoms. The topological polar surface area (TPSA) is 53.5 Å². The average Bonchev–Trinajstić information content (AvgIpc) is 1.27. The minimum atomic E-state index is -6.00. The van der Waals surface area contributed by atoms with Crippen molar-refractivity contribution >= 4 is 7.25 Å². The van der Waals surface area contributed by atoms with Crippen molar-refractivity contribution in [1.29, 1.82) is 0 Å². The fourth-order valence-corrected chi connectivity index (χ4v) is 0. The zero-order chi connectivity index (χ0) is 7.21. The molecule has 0 radical (unpaired) electrons. The molecule has 0 fully saturated rings. The number of rotatable bonds is 0. The fourth-order valence-electron chi connectivity index (χ4n) is 0. The Morgan fingerprint density at radius 2 is 1.25 bits per heavy atom. The van der Waals surface area contributed by atoms with Gasteiger partial charge in [0.05, 0.1) is 0 Å². The molecule has 0 bridgehead atoms. The van der Waals surface area contributed by atoms with Gasteiger partial charge in [-0.25, -0.2) is 0 Å². The normalized spacial score (nSPS) is 8.50. The lowest BCUT2D eigenvalue weighted by molar-refractivity contribution is 0.368. The van der Waals surface area contributed by atoms with E-state index < -0.39 is 7.25 Å². The molecule has 0 N–H and O–H groups in total. The van der Waals surface area contributed by atoms with Crippen LogP contribution in [0.2, 0.25) is 0 Å². The molecule has 0 atom stereocenters. The number of hydrogen-bond acceptors (Lipinski definition) is 1. The molecular weight excluding hydrogens is 131 g/mol. The molecule has 0 heterocycles. The van der Waals surface area contributed by atoms with Crippen molar-refractivity contribution in [2.75, 3.05) is 0 Å². The molecule has 48 valence electrons. The van der Waals surface area contributed by atoms with Crippen LogP contribution in [0.4, 0.5) is 17.3 Å². The second kappa shape index (κ2) is 4.26. The molecule has 8 heavy (non-hydrogen) atoms. The molecule has 0 aromatic heterocycles. The van der Waals surface area contributed by atoms with E-state index in [4.69, 9.17) is 10.4 Å². The summed E-state index contributed by atoms with van der Waals surface area (Å²) >= 11 is 0. The summed E-state index contributed by atoms with van der Waals surface area (Å²) in [5.74, 6) is 0. The van der Waals surface area contributed by atoms with Gasteiger partial charge in [-0.2, -0.15) is 0 Å². The van der Waals surface area contributed by atoms with E-state index in [0.29, 0.717) is 0 Å². The average molecular weight is 131 g/mol. The zero-order valence-corrected chi connectivity index (χ0v) is 3.39. The Kier molecular flexibility index (Phi) is 5.41. The van der Waals surface area contributed by atoms with Crippen LogP contribution in [0, 0.1) is 4.91 Å². The molecule has 0 aromatic rings. The highest BCUT2D eigenvalue weighted by Gasteiger charge is 2.20. The fraction of sp³-hybridized carbons (Fsp3) is 0. The Labute approximate surface area is 41.3 Å². The highest BCUT2D eigenvalue weighted by atomic mass is 19.5. The Morgan fingerprint density at radius 1 is 1.25 bits per heavy atom. The zero-order valence-electron chi connectivity index (χ0n) is 3.39. The summed E-state index contributed by atoms with van der Waals surface area (Å²) < 4.78 is 39.0. The molecule has 3 nitrogen and oxygen atoms in total. The first kappa shape index (κ1) is 10.2. The molecule has 0 saturated carbocycles. The van der Waals surface area contributed by atoms with Crippen molar-refractivity contribution in [1.82, 2.24) is 4.97 Å². The van der Waals surface area contributed by atoms with Crippen LogP contribution in [0.25, 0.3) is 5.53 Å².